The lowest BCUT2D eigenvalue weighted by Crippen LogP contribution is -2.47. The highest BCUT2D eigenvalue weighted by atomic mass is 19.4. The number of nitrogens with zero attached hydrogens (tertiary/aromatic N) is 1. The van der Waals surface area contributed by atoms with Crippen molar-refractivity contribution in [2.45, 2.75) is 38.0 Å². The molecule has 0 aromatic carbocycles. The van der Waals surface area contributed by atoms with Gasteiger partial charge in [0.2, 0.25) is 0 Å². The topological polar surface area (TPSA) is 15.3 Å². The molecular weight excluding hydrogens is 193 g/mol. The summed E-state index contributed by atoms with van der Waals surface area (Å²) in [6, 6.07) is 0.386. The molecule has 0 radical (unpaired) electrons. The molecule has 1 fully saturated rings. The number of halogens is 3. The molecule has 1 rings (SSSR count). The Hall–Kier alpha value is -0.290. The van der Waals surface area contributed by atoms with E-state index in [0.29, 0.717) is 6.04 Å². The molecule has 0 bridgehead atoms. The van der Waals surface area contributed by atoms with Crippen LogP contribution in [0.25, 0.3) is 0 Å². The van der Waals surface area contributed by atoms with Gasteiger partial charge in [-0.3, -0.25) is 4.90 Å². The quantitative estimate of drug-likeness (QED) is 0.745. The van der Waals surface area contributed by atoms with Crippen LogP contribution in [0.2, 0.25) is 0 Å². The third-order valence-corrected chi connectivity index (χ3v) is 2.65. The fourth-order valence-corrected chi connectivity index (χ4v) is 1.92. The van der Waals surface area contributed by atoms with Crippen molar-refractivity contribution in [3.05, 3.63) is 0 Å². The summed E-state index contributed by atoms with van der Waals surface area (Å²) in [5.41, 5.74) is 0. The summed E-state index contributed by atoms with van der Waals surface area (Å²) in [6.45, 7) is 2.02. The molecule has 1 N–H and O–H groups in total. The molecule has 1 aliphatic rings. The minimum absolute atomic E-state index is 0.0628. The van der Waals surface area contributed by atoms with Gasteiger partial charge in [-0.15, -0.1) is 0 Å². The van der Waals surface area contributed by atoms with E-state index in [1.807, 2.05) is 6.92 Å². The number of hydrogen-bond donors (Lipinski definition) is 1. The molecule has 0 amide bonds. The van der Waals surface area contributed by atoms with Crippen LogP contribution in [-0.2, 0) is 0 Å². The SMILES string of the molecule is CC1CC(N(C)CC(F)(F)F)CCN1. The van der Waals surface area contributed by atoms with E-state index in [1.165, 1.54) is 4.90 Å². The Balaban J connectivity index is 2.39. The van der Waals surface area contributed by atoms with E-state index in [0.717, 1.165) is 19.4 Å². The lowest BCUT2D eigenvalue weighted by Gasteiger charge is -2.35. The zero-order chi connectivity index (χ0) is 10.8. The summed E-state index contributed by atoms with van der Waals surface area (Å²) in [5, 5.41) is 3.22. The number of piperidine rings is 1. The maximum Gasteiger partial charge on any atom is 0.401 e. The van der Waals surface area contributed by atoms with Crippen LogP contribution in [0.4, 0.5) is 13.2 Å². The first-order valence-corrected chi connectivity index (χ1v) is 4.89. The predicted molar refractivity (Wildman–Crippen MR) is 49.2 cm³/mol. The summed E-state index contributed by atoms with van der Waals surface area (Å²) < 4.78 is 36.3. The van der Waals surface area contributed by atoms with E-state index in [4.69, 9.17) is 0 Å². The molecule has 84 valence electrons. The summed E-state index contributed by atoms with van der Waals surface area (Å²) in [7, 11) is 1.55. The Morgan fingerprint density at radius 1 is 1.43 bits per heavy atom. The van der Waals surface area contributed by atoms with Crippen molar-refractivity contribution in [3.8, 4) is 0 Å². The second kappa shape index (κ2) is 4.49. The van der Waals surface area contributed by atoms with Gasteiger partial charge in [-0.25, -0.2) is 0 Å². The summed E-state index contributed by atoms with van der Waals surface area (Å²) in [5.74, 6) is 0. The van der Waals surface area contributed by atoms with Crippen LogP contribution in [0.1, 0.15) is 19.8 Å². The highest BCUT2D eigenvalue weighted by Gasteiger charge is 2.33. The molecule has 0 aliphatic carbocycles. The minimum atomic E-state index is -4.08. The molecule has 1 heterocycles. The molecule has 1 aliphatic heterocycles. The molecule has 2 nitrogen and oxygen atoms in total. The van der Waals surface area contributed by atoms with E-state index < -0.39 is 12.7 Å². The van der Waals surface area contributed by atoms with Crippen LogP contribution in [0, 0.1) is 0 Å². The van der Waals surface area contributed by atoms with Crippen LogP contribution < -0.4 is 5.32 Å². The molecule has 0 aromatic heterocycles. The summed E-state index contributed by atoms with van der Waals surface area (Å²) in [4.78, 5) is 1.41. The Kier molecular flexibility index (Phi) is 3.78. The van der Waals surface area contributed by atoms with Gasteiger partial charge in [0, 0.05) is 12.1 Å². The largest absolute Gasteiger partial charge is 0.401 e. The van der Waals surface area contributed by atoms with Gasteiger partial charge in [-0.05, 0) is 33.4 Å². The number of nitrogens with one attached hydrogen (secondary N) is 1. The second-order valence-corrected chi connectivity index (χ2v) is 4.06. The zero-order valence-electron chi connectivity index (χ0n) is 8.56. The summed E-state index contributed by atoms with van der Waals surface area (Å²) in [6.07, 6.45) is -2.48. The lowest BCUT2D eigenvalue weighted by molar-refractivity contribution is -0.148. The molecule has 1 saturated heterocycles. The molecular formula is C9H17F3N2. The maximum absolute atomic E-state index is 12.1. The standard InChI is InChI=1S/C9H17F3N2/c1-7-5-8(3-4-13-7)14(2)6-9(10,11)12/h7-8,13H,3-6H2,1-2H3. The lowest BCUT2D eigenvalue weighted by atomic mass is 9.99. The zero-order valence-corrected chi connectivity index (χ0v) is 8.56. The van der Waals surface area contributed by atoms with E-state index in [2.05, 4.69) is 5.32 Å². The Morgan fingerprint density at radius 3 is 2.57 bits per heavy atom. The highest BCUT2D eigenvalue weighted by molar-refractivity contribution is 4.81. The van der Waals surface area contributed by atoms with Crippen LogP contribution in [0.5, 0.6) is 0 Å². The van der Waals surface area contributed by atoms with Gasteiger partial charge in [-0.1, -0.05) is 0 Å². The van der Waals surface area contributed by atoms with Crippen LogP contribution >= 0.6 is 0 Å². The van der Waals surface area contributed by atoms with Crippen molar-refractivity contribution >= 4 is 0 Å². The first-order chi connectivity index (χ1) is 6.38. The molecule has 0 aromatic rings. The maximum atomic E-state index is 12.1. The minimum Gasteiger partial charge on any atom is -0.314 e. The van der Waals surface area contributed by atoms with Gasteiger partial charge in [0.25, 0.3) is 0 Å². The molecule has 2 atom stereocenters. The van der Waals surface area contributed by atoms with Crippen molar-refractivity contribution in [3.63, 3.8) is 0 Å². The van der Waals surface area contributed by atoms with E-state index in [1.54, 1.807) is 7.05 Å². The van der Waals surface area contributed by atoms with E-state index >= 15 is 0 Å². The van der Waals surface area contributed by atoms with Crippen molar-refractivity contribution < 1.29 is 13.2 Å². The van der Waals surface area contributed by atoms with Gasteiger partial charge in [0.15, 0.2) is 0 Å². The van der Waals surface area contributed by atoms with E-state index in [9.17, 15) is 13.2 Å². The monoisotopic (exact) mass is 210 g/mol. The molecule has 5 heteroatoms. The average Bonchev–Trinajstić information content (AvgIpc) is 2.01. The second-order valence-electron chi connectivity index (χ2n) is 4.06. The van der Waals surface area contributed by atoms with E-state index in [-0.39, 0.29) is 6.04 Å². The predicted octanol–water partition coefficient (Wildman–Crippen LogP) is 1.62. The van der Waals surface area contributed by atoms with Gasteiger partial charge < -0.3 is 5.32 Å². The Morgan fingerprint density at radius 2 is 2.07 bits per heavy atom. The van der Waals surface area contributed by atoms with Crippen LogP contribution in [0.3, 0.4) is 0 Å². The van der Waals surface area contributed by atoms with Crippen LogP contribution in [0.15, 0.2) is 0 Å². The first-order valence-electron chi connectivity index (χ1n) is 4.89. The van der Waals surface area contributed by atoms with Crippen molar-refractivity contribution in [2.75, 3.05) is 20.1 Å². The third kappa shape index (κ3) is 3.84. The fourth-order valence-electron chi connectivity index (χ4n) is 1.92. The van der Waals surface area contributed by atoms with Gasteiger partial charge in [0.05, 0.1) is 6.54 Å². The smallest absolute Gasteiger partial charge is 0.314 e. The number of rotatable bonds is 2. The number of alkyl halides is 3. The van der Waals surface area contributed by atoms with Crippen molar-refractivity contribution in [1.29, 1.82) is 0 Å². The Labute approximate surface area is 82.5 Å². The highest BCUT2D eigenvalue weighted by Crippen LogP contribution is 2.20. The van der Waals surface area contributed by atoms with Crippen LogP contribution in [-0.4, -0.2) is 43.3 Å². The molecule has 0 spiro atoms. The molecule has 0 saturated carbocycles. The third-order valence-electron chi connectivity index (χ3n) is 2.65. The molecule has 2 unspecified atom stereocenters. The first kappa shape index (κ1) is 11.8. The Bertz CT molecular complexity index is 181. The summed E-state index contributed by atoms with van der Waals surface area (Å²) >= 11 is 0. The average molecular weight is 210 g/mol. The van der Waals surface area contributed by atoms with Crippen molar-refractivity contribution in [2.24, 2.45) is 0 Å². The fraction of sp³-hybridized carbons (Fsp3) is 1.00. The molecule has 14 heavy (non-hydrogen) atoms. The van der Waals surface area contributed by atoms with Gasteiger partial charge in [-0.2, -0.15) is 13.2 Å². The van der Waals surface area contributed by atoms with Crippen molar-refractivity contribution in [1.82, 2.24) is 10.2 Å². The van der Waals surface area contributed by atoms with Gasteiger partial charge >= 0.3 is 6.18 Å². The normalized spacial score (nSPS) is 29.6. The van der Waals surface area contributed by atoms with Gasteiger partial charge in [0.1, 0.15) is 0 Å². The number of hydrogen-bond acceptors (Lipinski definition) is 2.